The van der Waals surface area contributed by atoms with Crippen molar-refractivity contribution in [2.75, 3.05) is 12.4 Å². The molecule has 0 aliphatic heterocycles. The zero-order valence-electron chi connectivity index (χ0n) is 11.0. The maximum Gasteiger partial charge on any atom is 0.268 e. The Kier molecular flexibility index (Phi) is 5.35. The molecule has 2 aromatic rings. The smallest absolute Gasteiger partial charge is 0.268 e. The van der Waals surface area contributed by atoms with Crippen LogP contribution in [0.5, 0.6) is 5.75 Å². The van der Waals surface area contributed by atoms with Gasteiger partial charge in [-0.2, -0.15) is 0 Å². The van der Waals surface area contributed by atoms with Gasteiger partial charge in [0, 0.05) is 18.0 Å². The third-order valence-electron chi connectivity index (χ3n) is 2.49. The van der Waals surface area contributed by atoms with Crippen LogP contribution < -0.4 is 21.6 Å². The fourth-order valence-corrected chi connectivity index (χ4v) is 2.24. The van der Waals surface area contributed by atoms with Crippen LogP contribution in [0.2, 0.25) is 0 Å². The van der Waals surface area contributed by atoms with E-state index in [1.54, 1.807) is 24.3 Å². The highest BCUT2D eigenvalue weighted by Gasteiger charge is 2.10. The lowest BCUT2D eigenvalue weighted by Crippen LogP contribution is -2.30. The van der Waals surface area contributed by atoms with Crippen LogP contribution in [0.4, 0.5) is 0 Å². The first-order chi connectivity index (χ1) is 10.2. The van der Waals surface area contributed by atoms with E-state index >= 15 is 0 Å². The summed E-state index contributed by atoms with van der Waals surface area (Å²) in [5, 5.41) is 0.527. The first kappa shape index (κ1) is 15.1. The van der Waals surface area contributed by atoms with Crippen LogP contribution in [-0.2, 0) is 0 Å². The number of thioether (sulfide) groups is 1. The van der Waals surface area contributed by atoms with Crippen molar-refractivity contribution in [3.8, 4) is 5.75 Å². The van der Waals surface area contributed by atoms with Gasteiger partial charge in [-0.05, 0) is 12.1 Å². The number of hydrazine groups is 1. The predicted octanol–water partition coefficient (Wildman–Crippen LogP) is 0.544. The van der Waals surface area contributed by atoms with Gasteiger partial charge in [0.15, 0.2) is 5.16 Å². The summed E-state index contributed by atoms with van der Waals surface area (Å²) in [6.07, 6.45) is 1.45. The first-order valence-corrected chi connectivity index (χ1v) is 7.10. The first-order valence-electron chi connectivity index (χ1n) is 6.11. The summed E-state index contributed by atoms with van der Waals surface area (Å²) in [6.45, 7) is 0.359. The number of hydrogen-bond acceptors (Lipinski definition) is 6. The number of benzene rings is 1. The molecule has 1 aromatic heterocycles. The molecule has 0 bridgehead atoms. The van der Waals surface area contributed by atoms with E-state index in [4.69, 9.17) is 10.6 Å². The highest BCUT2D eigenvalue weighted by Crippen LogP contribution is 2.18. The van der Waals surface area contributed by atoms with Crippen LogP contribution in [0.3, 0.4) is 0 Å². The monoisotopic (exact) mass is 306 g/mol. The molecule has 7 nitrogen and oxygen atoms in total. The molecule has 0 unspecified atom stereocenters. The average Bonchev–Trinajstić information content (AvgIpc) is 2.51. The largest absolute Gasteiger partial charge is 0.492 e. The molecule has 110 valence electrons. The Morgan fingerprint density at radius 3 is 2.95 bits per heavy atom. The summed E-state index contributed by atoms with van der Waals surface area (Å²) in [7, 11) is 0. The molecule has 8 heteroatoms. The summed E-state index contributed by atoms with van der Waals surface area (Å²) in [6, 6.07) is 8.16. The Balaban J connectivity index is 1.89. The van der Waals surface area contributed by atoms with E-state index in [-0.39, 0.29) is 5.56 Å². The zero-order valence-corrected chi connectivity index (χ0v) is 11.9. The Morgan fingerprint density at radius 1 is 1.38 bits per heavy atom. The van der Waals surface area contributed by atoms with Gasteiger partial charge in [0.2, 0.25) is 0 Å². The van der Waals surface area contributed by atoms with Crippen LogP contribution in [0, 0.1) is 0 Å². The van der Waals surface area contributed by atoms with Gasteiger partial charge in [-0.25, -0.2) is 10.8 Å². The molecular formula is C13H14N4O3S. The minimum absolute atomic E-state index is 0.196. The molecule has 0 saturated carbocycles. The average molecular weight is 306 g/mol. The topological polar surface area (TPSA) is 110 Å². The number of nitrogen functional groups attached to an aromatic ring is 1. The van der Waals surface area contributed by atoms with E-state index in [0.717, 1.165) is 0 Å². The Labute approximate surface area is 124 Å². The zero-order chi connectivity index (χ0) is 15.1. The molecule has 0 atom stereocenters. The second kappa shape index (κ2) is 7.46. The quantitative estimate of drug-likeness (QED) is 0.179. The van der Waals surface area contributed by atoms with Crippen molar-refractivity contribution in [3.05, 3.63) is 52.4 Å². The highest BCUT2D eigenvalue weighted by molar-refractivity contribution is 7.99. The second-order valence-corrected chi connectivity index (χ2v) is 4.99. The van der Waals surface area contributed by atoms with Gasteiger partial charge < -0.3 is 9.72 Å². The number of nitrogens with zero attached hydrogens (tertiary/aromatic N) is 1. The fraction of sp³-hybridized carbons (Fsp3) is 0.154. The number of para-hydroxylation sites is 1. The lowest BCUT2D eigenvalue weighted by molar-refractivity contribution is 0.0950. The van der Waals surface area contributed by atoms with Gasteiger partial charge >= 0.3 is 0 Å². The molecule has 1 amide bonds. The maximum atomic E-state index is 11.6. The number of amides is 1. The Morgan fingerprint density at radius 2 is 2.19 bits per heavy atom. The van der Waals surface area contributed by atoms with Crippen molar-refractivity contribution in [3.63, 3.8) is 0 Å². The minimum atomic E-state index is -0.410. The summed E-state index contributed by atoms with van der Waals surface area (Å²) in [4.78, 5) is 29.3. The Hall–Kier alpha value is -2.32. The predicted molar refractivity (Wildman–Crippen MR) is 79.2 cm³/mol. The fourth-order valence-electron chi connectivity index (χ4n) is 1.57. The van der Waals surface area contributed by atoms with Crippen molar-refractivity contribution in [2.45, 2.75) is 5.16 Å². The molecule has 0 spiro atoms. The molecular weight excluding hydrogens is 292 g/mol. The van der Waals surface area contributed by atoms with Crippen LogP contribution in [-0.4, -0.2) is 28.2 Å². The summed E-state index contributed by atoms with van der Waals surface area (Å²) < 4.78 is 5.56. The van der Waals surface area contributed by atoms with Gasteiger partial charge in [0.05, 0.1) is 12.2 Å². The van der Waals surface area contributed by atoms with Crippen LogP contribution in [0.25, 0.3) is 0 Å². The summed E-state index contributed by atoms with van der Waals surface area (Å²) >= 11 is 1.36. The maximum absolute atomic E-state index is 11.6. The molecule has 0 aliphatic carbocycles. The highest BCUT2D eigenvalue weighted by atomic mass is 32.2. The van der Waals surface area contributed by atoms with E-state index in [1.807, 2.05) is 0 Å². The molecule has 4 N–H and O–H groups in total. The third kappa shape index (κ3) is 4.33. The molecule has 1 aromatic carbocycles. The normalized spacial score (nSPS) is 10.1. The number of H-pyrrole nitrogens is 1. The third-order valence-corrected chi connectivity index (χ3v) is 3.34. The minimum Gasteiger partial charge on any atom is -0.492 e. The van der Waals surface area contributed by atoms with Gasteiger partial charge in [-0.15, -0.1) is 0 Å². The van der Waals surface area contributed by atoms with Crippen LogP contribution >= 0.6 is 11.8 Å². The van der Waals surface area contributed by atoms with E-state index in [2.05, 4.69) is 15.4 Å². The number of carbonyl (C=O) groups excluding carboxylic acids is 1. The van der Waals surface area contributed by atoms with Gasteiger partial charge in [0.1, 0.15) is 5.75 Å². The number of hydrogen-bond donors (Lipinski definition) is 3. The number of nitrogens with one attached hydrogen (secondary N) is 2. The van der Waals surface area contributed by atoms with Crippen molar-refractivity contribution in [2.24, 2.45) is 5.84 Å². The van der Waals surface area contributed by atoms with Crippen molar-refractivity contribution in [1.29, 1.82) is 0 Å². The molecule has 0 aliphatic rings. The molecule has 0 radical (unpaired) electrons. The standard InChI is InChI=1S/C13H14N4O3S/c14-17-12(19)9-3-1-2-4-10(9)20-7-8-21-13-15-6-5-11(18)16-13/h1-6H,7-8,14H2,(H,17,19)(H,15,16,18). The SMILES string of the molecule is NNC(=O)c1ccccc1OCCSc1nccc(=O)[nH]1. The summed E-state index contributed by atoms with van der Waals surface area (Å²) in [5.74, 6) is 5.74. The molecule has 0 saturated heterocycles. The number of carbonyl (C=O) groups is 1. The number of aromatic amines is 1. The lowest BCUT2D eigenvalue weighted by atomic mass is 10.2. The van der Waals surface area contributed by atoms with E-state index < -0.39 is 5.91 Å². The summed E-state index contributed by atoms with van der Waals surface area (Å²) in [5.41, 5.74) is 2.25. The molecule has 0 fully saturated rings. The number of aromatic nitrogens is 2. The number of ether oxygens (including phenoxy) is 1. The molecule has 21 heavy (non-hydrogen) atoms. The van der Waals surface area contributed by atoms with E-state index in [1.165, 1.54) is 24.0 Å². The second-order valence-electron chi connectivity index (χ2n) is 3.91. The van der Waals surface area contributed by atoms with Crippen LogP contribution in [0.1, 0.15) is 10.4 Å². The molecule has 1 heterocycles. The van der Waals surface area contributed by atoms with Gasteiger partial charge in [-0.1, -0.05) is 23.9 Å². The molecule has 2 rings (SSSR count). The van der Waals surface area contributed by atoms with E-state index in [9.17, 15) is 9.59 Å². The number of nitrogens with two attached hydrogens (primary N) is 1. The van der Waals surface area contributed by atoms with E-state index in [0.29, 0.717) is 28.8 Å². The van der Waals surface area contributed by atoms with Crippen molar-refractivity contribution < 1.29 is 9.53 Å². The van der Waals surface area contributed by atoms with Crippen LogP contribution in [0.15, 0.2) is 46.5 Å². The van der Waals surface area contributed by atoms with Crippen molar-refractivity contribution in [1.82, 2.24) is 15.4 Å². The lowest BCUT2D eigenvalue weighted by Gasteiger charge is -2.09. The van der Waals surface area contributed by atoms with Gasteiger partial charge in [-0.3, -0.25) is 15.0 Å². The Bertz CT molecular complexity index is 674. The van der Waals surface area contributed by atoms with Gasteiger partial charge in [0.25, 0.3) is 11.5 Å². The van der Waals surface area contributed by atoms with Crippen molar-refractivity contribution >= 4 is 17.7 Å². The number of rotatable bonds is 6.